The van der Waals surface area contributed by atoms with Crippen molar-refractivity contribution in [3.63, 3.8) is 0 Å². The summed E-state index contributed by atoms with van der Waals surface area (Å²) in [4.78, 5) is -0.112. The van der Waals surface area contributed by atoms with Crippen LogP contribution in [0.2, 0.25) is 0 Å². The molecule has 0 aromatic heterocycles. The van der Waals surface area contributed by atoms with Gasteiger partial charge in [0.25, 0.3) is 0 Å². The maximum Gasteiger partial charge on any atom is 0.241 e. The van der Waals surface area contributed by atoms with Crippen LogP contribution in [0.25, 0.3) is 0 Å². The van der Waals surface area contributed by atoms with Crippen LogP contribution in [0, 0.1) is 18.7 Å². The van der Waals surface area contributed by atoms with Crippen LogP contribution in [0.1, 0.15) is 24.8 Å². The molecule has 1 aliphatic rings. The van der Waals surface area contributed by atoms with E-state index in [1.165, 1.54) is 25.8 Å². The Hall–Kier alpha value is -1.18. The molecule has 0 atom stereocenters. The summed E-state index contributed by atoms with van der Waals surface area (Å²) in [6.07, 6.45) is 3.04. The van der Waals surface area contributed by atoms with E-state index in [2.05, 4.69) is 4.72 Å². The Labute approximate surface area is 124 Å². The largest absolute Gasteiger partial charge is 0.399 e. The van der Waals surface area contributed by atoms with Gasteiger partial charge in [0.15, 0.2) is 0 Å². The molecule has 3 N–H and O–H groups in total. The number of ether oxygens (including phenoxy) is 1. The molecule has 0 spiro atoms. The number of hydrogen-bond donors (Lipinski definition) is 2. The second kappa shape index (κ2) is 6.72. The van der Waals surface area contributed by atoms with Crippen LogP contribution in [0.5, 0.6) is 0 Å². The van der Waals surface area contributed by atoms with Crippen molar-refractivity contribution in [1.29, 1.82) is 0 Å². The van der Waals surface area contributed by atoms with Gasteiger partial charge >= 0.3 is 0 Å². The predicted octanol–water partition coefficient (Wildman–Crippen LogP) is 1.81. The molecule has 118 valence electrons. The first-order valence-electron chi connectivity index (χ1n) is 7.03. The molecule has 0 saturated heterocycles. The van der Waals surface area contributed by atoms with E-state index in [1.54, 1.807) is 0 Å². The third-order valence-corrected chi connectivity index (χ3v) is 5.00. The van der Waals surface area contributed by atoms with Crippen LogP contribution in [-0.4, -0.2) is 28.2 Å². The van der Waals surface area contributed by atoms with Crippen molar-refractivity contribution in [2.45, 2.75) is 31.1 Å². The Kier molecular flexibility index (Phi) is 5.18. The van der Waals surface area contributed by atoms with Gasteiger partial charge in [-0.3, -0.25) is 0 Å². The van der Waals surface area contributed by atoms with E-state index in [-0.39, 0.29) is 22.7 Å². The van der Waals surface area contributed by atoms with Gasteiger partial charge in [-0.05, 0) is 44.2 Å². The monoisotopic (exact) mass is 316 g/mol. The average Bonchev–Trinajstić information content (AvgIpc) is 3.22. The summed E-state index contributed by atoms with van der Waals surface area (Å²) >= 11 is 0. The Morgan fingerprint density at radius 2 is 2.14 bits per heavy atom. The number of rotatable bonds is 8. The van der Waals surface area contributed by atoms with Crippen LogP contribution in [0.4, 0.5) is 10.1 Å². The third-order valence-electron chi connectivity index (χ3n) is 3.42. The minimum Gasteiger partial charge on any atom is -0.399 e. The van der Waals surface area contributed by atoms with E-state index in [4.69, 9.17) is 10.5 Å². The number of hydrogen-bond acceptors (Lipinski definition) is 4. The summed E-state index contributed by atoms with van der Waals surface area (Å²) < 4.78 is 45.7. The lowest BCUT2D eigenvalue weighted by molar-refractivity contribution is 0.123. The summed E-state index contributed by atoms with van der Waals surface area (Å²) in [6, 6.07) is 2.38. The summed E-state index contributed by atoms with van der Waals surface area (Å²) in [6.45, 7) is 2.94. The highest BCUT2D eigenvalue weighted by molar-refractivity contribution is 7.89. The maximum absolute atomic E-state index is 13.5. The number of anilines is 1. The molecule has 0 amide bonds. The van der Waals surface area contributed by atoms with Crippen LogP contribution in [0.3, 0.4) is 0 Å². The van der Waals surface area contributed by atoms with E-state index in [9.17, 15) is 12.8 Å². The number of nitrogens with one attached hydrogen (secondary N) is 1. The topological polar surface area (TPSA) is 81.4 Å². The zero-order valence-corrected chi connectivity index (χ0v) is 12.9. The zero-order chi connectivity index (χ0) is 15.5. The van der Waals surface area contributed by atoms with Gasteiger partial charge in [0.1, 0.15) is 5.82 Å². The number of sulfonamides is 1. The minimum atomic E-state index is -3.75. The highest BCUT2D eigenvalue weighted by Gasteiger charge is 2.21. The van der Waals surface area contributed by atoms with Crippen LogP contribution in [0.15, 0.2) is 17.0 Å². The molecule has 0 heterocycles. The molecule has 1 aromatic carbocycles. The van der Waals surface area contributed by atoms with E-state index < -0.39 is 15.8 Å². The van der Waals surface area contributed by atoms with Crippen LogP contribution >= 0.6 is 0 Å². The molecular formula is C14H21FN2O3S. The van der Waals surface area contributed by atoms with Crippen molar-refractivity contribution < 1.29 is 17.5 Å². The van der Waals surface area contributed by atoms with Gasteiger partial charge in [0.2, 0.25) is 10.0 Å². The number of halogens is 1. The third kappa shape index (κ3) is 4.66. The molecule has 0 radical (unpaired) electrons. The molecule has 1 aromatic rings. The molecule has 0 unspecified atom stereocenters. The first kappa shape index (κ1) is 16.2. The van der Waals surface area contributed by atoms with Crippen molar-refractivity contribution in [2.75, 3.05) is 25.5 Å². The molecule has 5 nitrogen and oxygen atoms in total. The smallest absolute Gasteiger partial charge is 0.241 e. The van der Waals surface area contributed by atoms with Crippen molar-refractivity contribution in [3.05, 3.63) is 23.5 Å². The first-order chi connectivity index (χ1) is 9.90. The highest BCUT2D eigenvalue weighted by Crippen LogP contribution is 2.28. The fourth-order valence-electron chi connectivity index (χ4n) is 1.95. The van der Waals surface area contributed by atoms with Gasteiger partial charge in [-0.15, -0.1) is 0 Å². The van der Waals surface area contributed by atoms with Gasteiger partial charge in [-0.1, -0.05) is 0 Å². The average molecular weight is 316 g/mol. The molecule has 0 aliphatic heterocycles. The van der Waals surface area contributed by atoms with Crippen molar-refractivity contribution in [1.82, 2.24) is 4.72 Å². The van der Waals surface area contributed by atoms with Gasteiger partial charge in [0.05, 0.1) is 4.90 Å². The first-order valence-corrected chi connectivity index (χ1v) is 8.51. The SMILES string of the molecule is Cc1c(F)cc(N)cc1S(=O)(=O)NCCCOCC1CC1. The molecule has 0 bridgehead atoms. The second-order valence-corrected chi connectivity index (χ2v) is 7.13. The molecule has 7 heteroatoms. The minimum absolute atomic E-state index is 0.0710. The maximum atomic E-state index is 13.5. The highest BCUT2D eigenvalue weighted by atomic mass is 32.2. The standard InChI is InChI=1S/C14H21FN2O3S/c1-10-13(15)7-12(16)8-14(10)21(18,19)17-5-2-6-20-9-11-3-4-11/h7-8,11,17H,2-6,9,16H2,1H3. The van der Waals surface area contributed by atoms with Gasteiger partial charge in [0, 0.05) is 31.0 Å². The summed E-state index contributed by atoms with van der Waals surface area (Å²) in [5, 5.41) is 0. The van der Waals surface area contributed by atoms with E-state index in [0.717, 1.165) is 12.7 Å². The summed E-state index contributed by atoms with van der Waals surface area (Å²) in [7, 11) is -3.75. The van der Waals surface area contributed by atoms with Gasteiger partial charge in [-0.2, -0.15) is 0 Å². The molecule has 1 aliphatic carbocycles. The zero-order valence-electron chi connectivity index (χ0n) is 12.1. The number of nitrogen functional groups attached to an aromatic ring is 1. The summed E-state index contributed by atoms with van der Waals surface area (Å²) in [5.74, 6) is 0.0720. The normalized spacial score (nSPS) is 15.3. The predicted molar refractivity (Wildman–Crippen MR) is 78.9 cm³/mol. The Bertz CT molecular complexity index is 600. The Morgan fingerprint density at radius 1 is 1.43 bits per heavy atom. The van der Waals surface area contributed by atoms with E-state index in [1.807, 2.05) is 0 Å². The lowest BCUT2D eigenvalue weighted by Gasteiger charge is -2.11. The van der Waals surface area contributed by atoms with Crippen molar-refractivity contribution >= 4 is 15.7 Å². The van der Waals surface area contributed by atoms with Crippen molar-refractivity contribution in [2.24, 2.45) is 5.92 Å². The number of nitrogens with two attached hydrogens (primary N) is 1. The lowest BCUT2D eigenvalue weighted by Crippen LogP contribution is -2.26. The van der Waals surface area contributed by atoms with Gasteiger partial charge in [-0.25, -0.2) is 17.5 Å². The van der Waals surface area contributed by atoms with Crippen molar-refractivity contribution in [3.8, 4) is 0 Å². The fourth-order valence-corrected chi connectivity index (χ4v) is 3.31. The molecule has 1 saturated carbocycles. The number of benzene rings is 1. The van der Waals surface area contributed by atoms with E-state index >= 15 is 0 Å². The Morgan fingerprint density at radius 3 is 2.81 bits per heavy atom. The van der Waals surface area contributed by atoms with Gasteiger partial charge < -0.3 is 10.5 Å². The Balaban J connectivity index is 1.86. The molecule has 21 heavy (non-hydrogen) atoms. The molecule has 1 fully saturated rings. The molecule has 2 rings (SSSR count). The second-order valence-electron chi connectivity index (χ2n) is 5.40. The lowest BCUT2D eigenvalue weighted by atomic mass is 10.2. The van der Waals surface area contributed by atoms with Crippen LogP contribution in [-0.2, 0) is 14.8 Å². The van der Waals surface area contributed by atoms with E-state index in [0.29, 0.717) is 18.9 Å². The summed E-state index contributed by atoms with van der Waals surface area (Å²) in [5.41, 5.74) is 5.66. The quantitative estimate of drug-likeness (QED) is 0.566. The fraction of sp³-hybridized carbons (Fsp3) is 0.571. The van der Waals surface area contributed by atoms with Crippen LogP contribution < -0.4 is 10.5 Å². The molecular weight excluding hydrogens is 295 g/mol.